The fourth-order valence-electron chi connectivity index (χ4n) is 2.49. The highest BCUT2D eigenvalue weighted by Gasteiger charge is 2.34. The maximum absolute atomic E-state index is 12.6. The van der Waals surface area contributed by atoms with Gasteiger partial charge in [-0.25, -0.2) is 0 Å². The average Bonchev–Trinajstić information content (AvgIpc) is 2.91. The number of amides is 1. The van der Waals surface area contributed by atoms with E-state index in [0.29, 0.717) is 18.9 Å². The molecule has 1 aliphatic heterocycles. The second-order valence-corrected chi connectivity index (χ2v) is 6.76. The second kappa shape index (κ2) is 8.76. The van der Waals surface area contributed by atoms with E-state index in [9.17, 15) is 18.0 Å². The Labute approximate surface area is 144 Å². The van der Waals surface area contributed by atoms with Crippen molar-refractivity contribution in [3.05, 3.63) is 35.4 Å². The number of unbranched alkanes of at least 4 members (excludes halogenated alkanes) is 1. The number of hydrogen-bond acceptors (Lipinski definition) is 3. The van der Waals surface area contributed by atoms with Gasteiger partial charge in [-0.05, 0) is 30.5 Å². The van der Waals surface area contributed by atoms with Gasteiger partial charge >= 0.3 is 6.18 Å². The van der Waals surface area contributed by atoms with Crippen LogP contribution in [0.25, 0.3) is 0 Å². The summed E-state index contributed by atoms with van der Waals surface area (Å²) >= 11 is 1.45. The van der Waals surface area contributed by atoms with Gasteiger partial charge in [-0.1, -0.05) is 25.5 Å². The molecule has 0 bridgehead atoms. The number of nitrogens with zero attached hydrogens (tertiary/aromatic N) is 1. The first-order chi connectivity index (χ1) is 11.4. The summed E-state index contributed by atoms with van der Waals surface area (Å²) in [5.41, 5.74) is 0.0576. The lowest BCUT2D eigenvalue weighted by Crippen LogP contribution is -2.30. The maximum Gasteiger partial charge on any atom is 0.416 e. The molecule has 1 heterocycles. The number of thioether (sulfide) groups is 1. The van der Waals surface area contributed by atoms with Crippen LogP contribution in [0.15, 0.2) is 24.3 Å². The van der Waals surface area contributed by atoms with E-state index in [1.54, 1.807) is 4.90 Å². The van der Waals surface area contributed by atoms with E-state index in [0.717, 1.165) is 43.6 Å². The molecule has 7 heteroatoms. The summed E-state index contributed by atoms with van der Waals surface area (Å²) in [5, 5.41) is -0.213. The minimum absolute atomic E-state index is 0.0263. The Morgan fingerprint density at radius 1 is 1.21 bits per heavy atom. The van der Waals surface area contributed by atoms with Crippen molar-refractivity contribution < 1.29 is 22.7 Å². The predicted molar refractivity (Wildman–Crippen MR) is 88.7 cm³/mol. The zero-order valence-electron chi connectivity index (χ0n) is 13.6. The summed E-state index contributed by atoms with van der Waals surface area (Å²) in [6, 6.07) is 5.07. The van der Waals surface area contributed by atoms with E-state index in [1.165, 1.54) is 23.9 Å². The first-order valence-corrected chi connectivity index (χ1v) is 9.14. The molecule has 0 radical (unpaired) electrons. The molecule has 1 unspecified atom stereocenters. The van der Waals surface area contributed by atoms with E-state index < -0.39 is 11.7 Å². The molecule has 1 fully saturated rings. The third-order valence-corrected chi connectivity index (χ3v) is 5.08. The fraction of sp³-hybridized carbons (Fsp3) is 0.588. The molecule has 0 aliphatic carbocycles. The number of benzene rings is 1. The van der Waals surface area contributed by atoms with E-state index in [2.05, 4.69) is 6.92 Å². The number of carbonyl (C=O) groups is 1. The predicted octanol–water partition coefficient (Wildman–Crippen LogP) is 4.49. The molecule has 3 nitrogen and oxygen atoms in total. The van der Waals surface area contributed by atoms with Gasteiger partial charge in [-0.2, -0.15) is 13.2 Å². The van der Waals surface area contributed by atoms with Crippen molar-refractivity contribution in [1.82, 2.24) is 4.90 Å². The standard InChI is InChI=1S/C17H22F3NO2S/c1-2-3-10-23-11-4-9-21-15(22)12-24-16(21)13-5-7-14(8-6-13)17(18,19)20/h5-8,16H,2-4,9-12H2,1H3. The molecule has 1 saturated heterocycles. The number of hydrogen-bond donors (Lipinski definition) is 0. The number of carbonyl (C=O) groups excluding carboxylic acids is 1. The van der Waals surface area contributed by atoms with E-state index >= 15 is 0 Å². The monoisotopic (exact) mass is 361 g/mol. The fourth-order valence-corrected chi connectivity index (χ4v) is 3.71. The van der Waals surface area contributed by atoms with Gasteiger partial charge in [-0.3, -0.25) is 4.79 Å². The quantitative estimate of drug-likeness (QED) is 0.639. The Balaban J connectivity index is 1.92. The molecule has 134 valence electrons. The van der Waals surface area contributed by atoms with Gasteiger partial charge in [0.1, 0.15) is 5.37 Å². The molecular formula is C17H22F3NO2S. The molecule has 0 saturated carbocycles. The Bertz CT molecular complexity index is 534. The summed E-state index contributed by atoms with van der Waals surface area (Å²) in [6.45, 7) is 3.97. The topological polar surface area (TPSA) is 29.5 Å². The first-order valence-electron chi connectivity index (χ1n) is 8.09. The van der Waals surface area contributed by atoms with Crippen molar-refractivity contribution in [2.45, 2.75) is 37.7 Å². The zero-order valence-corrected chi connectivity index (χ0v) is 14.5. The van der Waals surface area contributed by atoms with Crippen molar-refractivity contribution in [3.8, 4) is 0 Å². The van der Waals surface area contributed by atoms with Gasteiger partial charge in [-0.15, -0.1) is 11.8 Å². The van der Waals surface area contributed by atoms with E-state index in [4.69, 9.17) is 4.74 Å². The first kappa shape index (κ1) is 19.1. The third kappa shape index (κ3) is 5.14. The minimum Gasteiger partial charge on any atom is -0.381 e. The van der Waals surface area contributed by atoms with Crippen LogP contribution in [0, 0.1) is 0 Å². The molecule has 0 N–H and O–H groups in total. The SMILES string of the molecule is CCCCOCCCN1C(=O)CSC1c1ccc(C(F)(F)F)cc1. The van der Waals surface area contributed by atoms with Crippen LogP contribution in [-0.2, 0) is 15.7 Å². The lowest BCUT2D eigenvalue weighted by Gasteiger charge is -2.24. The highest BCUT2D eigenvalue weighted by Crippen LogP contribution is 2.39. The van der Waals surface area contributed by atoms with Gasteiger partial charge < -0.3 is 9.64 Å². The number of rotatable bonds is 8. The van der Waals surface area contributed by atoms with Crippen molar-refractivity contribution in [2.75, 3.05) is 25.5 Å². The molecule has 24 heavy (non-hydrogen) atoms. The molecule has 1 amide bonds. The highest BCUT2D eigenvalue weighted by molar-refractivity contribution is 8.00. The van der Waals surface area contributed by atoms with Crippen LogP contribution in [0.2, 0.25) is 0 Å². The number of alkyl halides is 3. The Morgan fingerprint density at radius 2 is 1.88 bits per heavy atom. The smallest absolute Gasteiger partial charge is 0.381 e. The molecular weight excluding hydrogens is 339 g/mol. The van der Waals surface area contributed by atoms with Crippen LogP contribution in [-0.4, -0.2) is 36.3 Å². The largest absolute Gasteiger partial charge is 0.416 e. The number of halogens is 3. The normalized spacial score (nSPS) is 18.4. The van der Waals surface area contributed by atoms with Crippen LogP contribution in [0.1, 0.15) is 42.7 Å². The molecule has 2 rings (SSSR count). The molecule has 1 aromatic carbocycles. The molecule has 0 aromatic heterocycles. The van der Waals surface area contributed by atoms with E-state index in [1.807, 2.05) is 0 Å². The summed E-state index contributed by atoms with van der Waals surface area (Å²) in [6.07, 6.45) is -1.51. The van der Waals surface area contributed by atoms with Crippen LogP contribution >= 0.6 is 11.8 Å². The van der Waals surface area contributed by atoms with Gasteiger partial charge in [0.25, 0.3) is 0 Å². The van der Waals surface area contributed by atoms with Crippen LogP contribution < -0.4 is 0 Å². The van der Waals surface area contributed by atoms with Gasteiger partial charge in [0.05, 0.1) is 11.3 Å². The Kier molecular flexibility index (Phi) is 6.98. The second-order valence-electron chi connectivity index (χ2n) is 5.69. The average molecular weight is 361 g/mol. The van der Waals surface area contributed by atoms with Gasteiger partial charge in [0.15, 0.2) is 0 Å². The van der Waals surface area contributed by atoms with Crippen LogP contribution in [0.5, 0.6) is 0 Å². The lowest BCUT2D eigenvalue weighted by molar-refractivity contribution is -0.137. The zero-order chi connectivity index (χ0) is 17.6. The number of ether oxygens (including phenoxy) is 1. The summed E-state index contributed by atoms with van der Waals surface area (Å²) in [5.74, 6) is 0.390. The summed E-state index contributed by atoms with van der Waals surface area (Å²) < 4.78 is 43.4. The van der Waals surface area contributed by atoms with Crippen LogP contribution in [0.4, 0.5) is 13.2 Å². The van der Waals surface area contributed by atoms with E-state index in [-0.39, 0.29) is 11.3 Å². The van der Waals surface area contributed by atoms with Crippen molar-refractivity contribution in [2.24, 2.45) is 0 Å². The molecule has 0 spiro atoms. The third-order valence-electron chi connectivity index (χ3n) is 3.82. The van der Waals surface area contributed by atoms with Gasteiger partial charge in [0, 0.05) is 19.8 Å². The van der Waals surface area contributed by atoms with Crippen molar-refractivity contribution >= 4 is 17.7 Å². The van der Waals surface area contributed by atoms with Crippen molar-refractivity contribution in [3.63, 3.8) is 0 Å². The summed E-state index contributed by atoms with van der Waals surface area (Å²) in [7, 11) is 0. The Morgan fingerprint density at radius 3 is 2.50 bits per heavy atom. The molecule has 1 aliphatic rings. The Hall–Kier alpha value is -1.21. The molecule has 1 aromatic rings. The lowest BCUT2D eigenvalue weighted by atomic mass is 10.1. The molecule has 1 atom stereocenters. The highest BCUT2D eigenvalue weighted by atomic mass is 32.2. The van der Waals surface area contributed by atoms with Gasteiger partial charge in [0.2, 0.25) is 5.91 Å². The van der Waals surface area contributed by atoms with Crippen molar-refractivity contribution in [1.29, 1.82) is 0 Å². The minimum atomic E-state index is -4.34. The summed E-state index contributed by atoms with van der Waals surface area (Å²) in [4.78, 5) is 13.8. The maximum atomic E-state index is 12.6. The van der Waals surface area contributed by atoms with Crippen LogP contribution in [0.3, 0.4) is 0 Å².